The second-order valence-corrected chi connectivity index (χ2v) is 6.57. The standard InChI is InChI=1S/C18H20N6/c1-10-8-18(2,3)24(4)14-6-5-11(7-12(10)14)15-13(9-19)16(20)23-17(21)22-15/h5-8H,1-4H3,(H4,20,21,22,23). The lowest BCUT2D eigenvalue weighted by molar-refractivity contribution is 0.598. The fraction of sp³-hybridized carbons (Fsp3) is 0.278. The average molecular weight is 320 g/mol. The van der Waals surface area contributed by atoms with E-state index >= 15 is 0 Å². The molecule has 0 fully saturated rings. The summed E-state index contributed by atoms with van der Waals surface area (Å²) >= 11 is 0. The summed E-state index contributed by atoms with van der Waals surface area (Å²) in [6.07, 6.45) is 2.23. The van der Waals surface area contributed by atoms with Crippen molar-refractivity contribution in [3.05, 3.63) is 35.4 Å². The SMILES string of the molecule is CC1=CC(C)(C)N(C)c2ccc(-c3nc(N)nc(N)c3C#N)cc21. The van der Waals surface area contributed by atoms with Crippen molar-refractivity contribution < 1.29 is 0 Å². The summed E-state index contributed by atoms with van der Waals surface area (Å²) in [4.78, 5) is 10.3. The highest BCUT2D eigenvalue weighted by molar-refractivity contribution is 5.85. The van der Waals surface area contributed by atoms with Crippen molar-refractivity contribution in [2.75, 3.05) is 23.4 Å². The molecule has 1 aliphatic heterocycles. The van der Waals surface area contributed by atoms with Crippen LogP contribution in [0.25, 0.3) is 16.8 Å². The Morgan fingerprint density at radius 2 is 1.92 bits per heavy atom. The molecule has 0 bridgehead atoms. The van der Waals surface area contributed by atoms with Gasteiger partial charge in [-0.3, -0.25) is 0 Å². The highest BCUT2D eigenvalue weighted by atomic mass is 15.2. The number of rotatable bonds is 1. The van der Waals surface area contributed by atoms with E-state index in [1.807, 2.05) is 18.2 Å². The van der Waals surface area contributed by atoms with Crippen molar-refractivity contribution in [2.45, 2.75) is 26.3 Å². The maximum Gasteiger partial charge on any atom is 0.222 e. The highest BCUT2D eigenvalue weighted by Crippen LogP contribution is 2.40. The topological polar surface area (TPSA) is 105 Å². The Bertz CT molecular complexity index is 904. The quantitative estimate of drug-likeness (QED) is 0.837. The van der Waals surface area contributed by atoms with Crippen LogP contribution < -0.4 is 16.4 Å². The molecule has 1 aliphatic rings. The number of anilines is 3. The maximum absolute atomic E-state index is 9.38. The number of hydrogen-bond donors (Lipinski definition) is 2. The van der Waals surface area contributed by atoms with E-state index in [0.717, 1.165) is 16.8 Å². The van der Waals surface area contributed by atoms with Gasteiger partial charge in [-0.25, -0.2) is 4.98 Å². The molecule has 0 radical (unpaired) electrons. The van der Waals surface area contributed by atoms with Crippen LogP contribution in [0.4, 0.5) is 17.5 Å². The Morgan fingerprint density at radius 3 is 2.58 bits per heavy atom. The summed E-state index contributed by atoms with van der Waals surface area (Å²) in [5.74, 6) is 0.160. The largest absolute Gasteiger partial charge is 0.382 e. The molecule has 0 aliphatic carbocycles. The molecule has 2 heterocycles. The van der Waals surface area contributed by atoms with Gasteiger partial charge in [0.25, 0.3) is 0 Å². The number of benzene rings is 1. The fourth-order valence-corrected chi connectivity index (χ4v) is 3.12. The zero-order valence-electron chi connectivity index (χ0n) is 14.3. The van der Waals surface area contributed by atoms with Gasteiger partial charge in [-0.2, -0.15) is 10.2 Å². The van der Waals surface area contributed by atoms with Gasteiger partial charge in [0, 0.05) is 23.9 Å². The van der Waals surface area contributed by atoms with Crippen molar-refractivity contribution in [1.82, 2.24) is 9.97 Å². The molecule has 1 aromatic carbocycles. The van der Waals surface area contributed by atoms with Crippen LogP contribution in [0.3, 0.4) is 0 Å². The van der Waals surface area contributed by atoms with E-state index in [2.05, 4.69) is 54.8 Å². The molecule has 0 amide bonds. The third-order valence-corrected chi connectivity index (χ3v) is 4.56. The summed E-state index contributed by atoms with van der Waals surface area (Å²) in [6, 6.07) is 8.07. The van der Waals surface area contributed by atoms with Crippen molar-refractivity contribution in [1.29, 1.82) is 5.26 Å². The number of likely N-dealkylation sites (N-methyl/N-ethyl adjacent to an activating group) is 1. The molecular weight excluding hydrogens is 300 g/mol. The lowest BCUT2D eigenvalue weighted by Gasteiger charge is -2.40. The zero-order chi connectivity index (χ0) is 17.6. The second kappa shape index (κ2) is 5.24. The number of allylic oxidation sites excluding steroid dienone is 1. The van der Waals surface area contributed by atoms with Crippen LogP contribution in [-0.2, 0) is 0 Å². The first-order valence-corrected chi connectivity index (χ1v) is 7.66. The van der Waals surface area contributed by atoms with Gasteiger partial charge in [-0.05, 0) is 38.5 Å². The first kappa shape index (κ1) is 15.8. The molecule has 6 heteroatoms. The van der Waals surface area contributed by atoms with Gasteiger partial charge < -0.3 is 16.4 Å². The number of aromatic nitrogens is 2. The van der Waals surface area contributed by atoms with Crippen molar-refractivity contribution in [3.63, 3.8) is 0 Å². The molecule has 0 spiro atoms. The minimum atomic E-state index is -0.0554. The average Bonchev–Trinajstić information content (AvgIpc) is 2.51. The van der Waals surface area contributed by atoms with Crippen LogP contribution in [0, 0.1) is 11.3 Å². The molecule has 4 N–H and O–H groups in total. The zero-order valence-corrected chi connectivity index (χ0v) is 14.3. The number of nitrogens with zero attached hydrogens (tertiary/aromatic N) is 4. The fourth-order valence-electron chi connectivity index (χ4n) is 3.12. The molecule has 0 atom stereocenters. The molecule has 24 heavy (non-hydrogen) atoms. The predicted molar refractivity (Wildman–Crippen MR) is 97.1 cm³/mol. The van der Waals surface area contributed by atoms with Crippen molar-refractivity contribution in [2.24, 2.45) is 0 Å². The smallest absolute Gasteiger partial charge is 0.222 e. The van der Waals surface area contributed by atoms with Gasteiger partial charge in [0.2, 0.25) is 5.95 Å². The van der Waals surface area contributed by atoms with Crippen molar-refractivity contribution in [3.8, 4) is 17.3 Å². The third-order valence-electron chi connectivity index (χ3n) is 4.56. The number of fused-ring (bicyclic) bond motifs is 1. The van der Waals surface area contributed by atoms with Crippen LogP contribution in [0.15, 0.2) is 24.3 Å². The van der Waals surface area contributed by atoms with Crippen LogP contribution in [0.2, 0.25) is 0 Å². The van der Waals surface area contributed by atoms with Gasteiger partial charge in [0.15, 0.2) is 0 Å². The lowest BCUT2D eigenvalue weighted by atomic mass is 9.88. The van der Waals surface area contributed by atoms with Crippen LogP contribution in [0.1, 0.15) is 31.9 Å². The summed E-state index contributed by atoms with van der Waals surface area (Å²) < 4.78 is 0. The van der Waals surface area contributed by atoms with Gasteiger partial charge in [0.1, 0.15) is 17.5 Å². The van der Waals surface area contributed by atoms with E-state index in [1.165, 1.54) is 5.57 Å². The number of nitrogens with two attached hydrogens (primary N) is 2. The second-order valence-electron chi connectivity index (χ2n) is 6.57. The molecule has 2 aromatic rings. The molecule has 0 saturated carbocycles. The highest BCUT2D eigenvalue weighted by Gasteiger charge is 2.28. The Labute approximate surface area is 141 Å². The molecule has 3 rings (SSSR count). The third kappa shape index (κ3) is 2.35. The van der Waals surface area contributed by atoms with E-state index in [9.17, 15) is 5.26 Å². The van der Waals surface area contributed by atoms with Crippen molar-refractivity contribution >= 4 is 23.0 Å². The molecule has 0 unspecified atom stereocenters. The summed E-state index contributed by atoms with van der Waals surface area (Å²) in [5, 5.41) is 9.38. The Morgan fingerprint density at radius 1 is 1.21 bits per heavy atom. The van der Waals surface area contributed by atoms with E-state index < -0.39 is 0 Å². The predicted octanol–water partition coefficient (Wildman–Crippen LogP) is 2.81. The van der Waals surface area contributed by atoms with Crippen LogP contribution in [0.5, 0.6) is 0 Å². The monoisotopic (exact) mass is 320 g/mol. The number of nitriles is 1. The maximum atomic E-state index is 9.38. The number of hydrogen-bond acceptors (Lipinski definition) is 6. The lowest BCUT2D eigenvalue weighted by Crippen LogP contribution is -2.42. The molecular formula is C18H20N6. The Kier molecular flexibility index (Phi) is 3.45. The molecule has 6 nitrogen and oxygen atoms in total. The van der Waals surface area contributed by atoms with E-state index in [-0.39, 0.29) is 22.9 Å². The van der Waals surface area contributed by atoms with Gasteiger partial charge in [-0.15, -0.1) is 0 Å². The van der Waals surface area contributed by atoms with E-state index in [0.29, 0.717) is 5.69 Å². The first-order valence-electron chi connectivity index (χ1n) is 7.66. The van der Waals surface area contributed by atoms with E-state index in [1.54, 1.807) is 0 Å². The van der Waals surface area contributed by atoms with Gasteiger partial charge >= 0.3 is 0 Å². The Balaban J connectivity index is 2.22. The molecule has 1 aromatic heterocycles. The minimum Gasteiger partial charge on any atom is -0.382 e. The molecule has 0 saturated heterocycles. The normalized spacial score (nSPS) is 15.5. The Hall–Kier alpha value is -3.07. The van der Waals surface area contributed by atoms with E-state index in [4.69, 9.17) is 11.5 Å². The summed E-state index contributed by atoms with van der Waals surface area (Å²) in [5.41, 5.74) is 16.4. The summed E-state index contributed by atoms with van der Waals surface area (Å²) in [7, 11) is 2.07. The first-order chi connectivity index (χ1) is 11.2. The van der Waals surface area contributed by atoms with Gasteiger partial charge in [0.05, 0.1) is 11.2 Å². The van der Waals surface area contributed by atoms with Gasteiger partial charge in [-0.1, -0.05) is 12.1 Å². The minimum absolute atomic E-state index is 0.0554. The van der Waals surface area contributed by atoms with Crippen LogP contribution in [-0.4, -0.2) is 22.6 Å². The van der Waals surface area contributed by atoms with Crippen LogP contribution >= 0.6 is 0 Å². The number of nitrogen functional groups attached to an aromatic ring is 2. The summed E-state index contributed by atoms with van der Waals surface area (Å²) in [6.45, 7) is 6.44. The molecule has 122 valence electrons.